The molecule has 1 amide bonds. The third-order valence-electron chi connectivity index (χ3n) is 4.61. The molecule has 1 aliphatic rings. The smallest absolute Gasteiger partial charge is 0.272 e. The van der Waals surface area contributed by atoms with E-state index in [-0.39, 0.29) is 12.0 Å². The standard InChI is InChI=1S/C21H27N3O3/c1-3-4-5-17-7-9-20(23-12-17)21(25)24-10-11-26-19(14-24)15-27-18-8-6-16(2)22-13-18/h6-9,12-13,19H,3-5,10-11,14-15H2,1-2H3. The molecule has 27 heavy (non-hydrogen) atoms. The average Bonchev–Trinajstić information content (AvgIpc) is 2.72. The number of hydrogen-bond donors (Lipinski definition) is 0. The number of carbonyl (C=O) groups is 1. The van der Waals surface area contributed by atoms with E-state index in [1.807, 2.05) is 37.4 Å². The lowest BCUT2D eigenvalue weighted by Gasteiger charge is -2.32. The highest BCUT2D eigenvalue weighted by Crippen LogP contribution is 2.14. The van der Waals surface area contributed by atoms with E-state index in [0.29, 0.717) is 37.7 Å². The van der Waals surface area contributed by atoms with Gasteiger partial charge in [0.25, 0.3) is 5.91 Å². The second-order valence-electron chi connectivity index (χ2n) is 6.85. The Hall–Kier alpha value is -2.47. The summed E-state index contributed by atoms with van der Waals surface area (Å²) in [6, 6.07) is 7.62. The van der Waals surface area contributed by atoms with Gasteiger partial charge in [0.1, 0.15) is 24.2 Å². The van der Waals surface area contributed by atoms with Gasteiger partial charge in [0, 0.05) is 18.4 Å². The molecule has 6 heteroatoms. The molecular formula is C21H27N3O3. The molecule has 0 bridgehead atoms. The fourth-order valence-electron chi connectivity index (χ4n) is 2.98. The topological polar surface area (TPSA) is 64.6 Å². The van der Waals surface area contributed by atoms with Crippen LogP contribution in [0.2, 0.25) is 0 Å². The molecule has 144 valence electrons. The van der Waals surface area contributed by atoms with Crippen molar-refractivity contribution in [2.45, 2.75) is 39.2 Å². The van der Waals surface area contributed by atoms with Gasteiger partial charge in [-0.05, 0) is 43.5 Å². The number of aryl methyl sites for hydroxylation is 2. The molecule has 0 N–H and O–H groups in total. The normalized spacial score (nSPS) is 17.0. The number of rotatable bonds is 7. The first kappa shape index (κ1) is 19.3. The summed E-state index contributed by atoms with van der Waals surface area (Å²) in [5, 5.41) is 0. The van der Waals surface area contributed by atoms with Crippen molar-refractivity contribution in [1.82, 2.24) is 14.9 Å². The van der Waals surface area contributed by atoms with Gasteiger partial charge in [-0.3, -0.25) is 14.8 Å². The second-order valence-corrected chi connectivity index (χ2v) is 6.85. The van der Waals surface area contributed by atoms with Crippen LogP contribution in [0, 0.1) is 6.92 Å². The van der Waals surface area contributed by atoms with Crippen LogP contribution in [0.3, 0.4) is 0 Å². The van der Waals surface area contributed by atoms with Crippen molar-refractivity contribution < 1.29 is 14.3 Å². The van der Waals surface area contributed by atoms with Gasteiger partial charge < -0.3 is 14.4 Å². The predicted molar refractivity (Wildman–Crippen MR) is 103 cm³/mol. The number of aromatic nitrogens is 2. The van der Waals surface area contributed by atoms with Crippen LogP contribution >= 0.6 is 0 Å². The lowest BCUT2D eigenvalue weighted by atomic mass is 10.1. The molecule has 2 aromatic heterocycles. The summed E-state index contributed by atoms with van der Waals surface area (Å²) < 4.78 is 11.5. The van der Waals surface area contributed by atoms with Crippen LogP contribution in [0.1, 0.15) is 41.5 Å². The van der Waals surface area contributed by atoms with Crippen molar-refractivity contribution in [1.29, 1.82) is 0 Å². The van der Waals surface area contributed by atoms with Gasteiger partial charge in [0.2, 0.25) is 0 Å². The molecule has 6 nitrogen and oxygen atoms in total. The van der Waals surface area contributed by atoms with Gasteiger partial charge in [0.05, 0.1) is 19.3 Å². The first-order valence-electron chi connectivity index (χ1n) is 9.57. The first-order valence-corrected chi connectivity index (χ1v) is 9.57. The number of nitrogens with zero attached hydrogens (tertiary/aromatic N) is 3. The van der Waals surface area contributed by atoms with Crippen LogP contribution in [0.25, 0.3) is 0 Å². The first-order chi connectivity index (χ1) is 13.2. The molecule has 0 aromatic carbocycles. The maximum atomic E-state index is 12.7. The molecule has 0 saturated carbocycles. The molecule has 1 aliphatic heterocycles. The molecule has 3 rings (SSSR count). The third kappa shape index (κ3) is 5.50. The summed E-state index contributed by atoms with van der Waals surface area (Å²) in [5.74, 6) is 0.652. The van der Waals surface area contributed by atoms with Crippen LogP contribution in [-0.4, -0.2) is 53.2 Å². The van der Waals surface area contributed by atoms with E-state index in [2.05, 4.69) is 16.9 Å². The van der Waals surface area contributed by atoms with E-state index >= 15 is 0 Å². The van der Waals surface area contributed by atoms with Crippen LogP contribution in [0.4, 0.5) is 0 Å². The Balaban J connectivity index is 1.53. The highest BCUT2D eigenvalue weighted by Gasteiger charge is 2.26. The van der Waals surface area contributed by atoms with Gasteiger partial charge in [0.15, 0.2) is 0 Å². The van der Waals surface area contributed by atoms with Crippen molar-refractivity contribution >= 4 is 5.91 Å². The highest BCUT2D eigenvalue weighted by molar-refractivity contribution is 5.92. The summed E-state index contributed by atoms with van der Waals surface area (Å²) in [6.45, 7) is 6.05. The van der Waals surface area contributed by atoms with E-state index in [9.17, 15) is 4.79 Å². The van der Waals surface area contributed by atoms with E-state index in [1.165, 1.54) is 5.56 Å². The summed E-state index contributed by atoms with van der Waals surface area (Å²) in [6.07, 6.45) is 6.64. The van der Waals surface area contributed by atoms with Gasteiger partial charge >= 0.3 is 0 Å². The monoisotopic (exact) mass is 369 g/mol. The summed E-state index contributed by atoms with van der Waals surface area (Å²) in [4.78, 5) is 23.1. The zero-order valence-corrected chi connectivity index (χ0v) is 16.1. The quantitative estimate of drug-likeness (QED) is 0.751. The van der Waals surface area contributed by atoms with Gasteiger partial charge in [-0.15, -0.1) is 0 Å². The average molecular weight is 369 g/mol. The maximum Gasteiger partial charge on any atom is 0.272 e. The van der Waals surface area contributed by atoms with Crippen molar-refractivity contribution in [2.24, 2.45) is 0 Å². The number of unbranched alkanes of at least 4 members (excludes halogenated alkanes) is 1. The van der Waals surface area contributed by atoms with Crippen molar-refractivity contribution in [3.05, 3.63) is 53.6 Å². The minimum atomic E-state index is -0.159. The van der Waals surface area contributed by atoms with Crippen LogP contribution < -0.4 is 4.74 Å². The van der Waals surface area contributed by atoms with Crippen LogP contribution in [0.5, 0.6) is 5.75 Å². The molecular weight excluding hydrogens is 342 g/mol. The maximum absolute atomic E-state index is 12.7. The highest BCUT2D eigenvalue weighted by atomic mass is 16.5. The zero-order valence-electron chi connectivity index (χ0n) is 16.1. The number of amides is 1. The lowest BCUT2D eigenvalue weighted by molar-refractivity contribution is -0.0403. The zero-order chi connectivity index (χ0) is 19.1. The number of hydrogen-bond acceptors (Lipinski definition) is 5. The number of carbonyl (C=O) groups excluding carboxylic acids is 1. The van der Waals surface area contributed by atoms with Crippen molar-refractivity contribution in [3.8, 4) is 5.75 Å². The fraction of sp³-hybridized carbons (Fsp3) is 0.476. The lowest BCUT2D eigenvalue weighted by Crippen LogP contribution is -2.47. The van der Waals surface area contributed by atoms with E-state index < -0.39 is 0 Å². The Kier molecular flexibility index (Phi) is 6.76. The molecule has 1 atom stereocenters. The summed E-state index contributed by atoms with van der Waals surface area (Å²) >= 11 is 0. The van der Waals surface area contributed by atoms with Crippen LogP contribution in [0.15, 0.2) is 36.7 Å². The Morgan fingerprint density at radius 1 is 1.26 bits per heavy atom. The Morgan fingerprint density at radius 2 is 2.15 bits per heavy atom. The van der Waals surface area contributed by atoms with E-state index in [0.717, 1.165) is 25.0 Å². The molecule has 1 fully saturated rings. The van der Waals surface area contributed by atoms with Crippen LogP contribution in [-0.2, 0) is 11.2 Å². The molecule has 0 aliphatic carbocycles. The number of morpholine rings is 1. The summed E-state index contributed by atoms with van der Waals surface area (Å²) in [7, 11) is 0. The van der Waals surface area contributed by atoms with Gasteiger partial charge in [-0.2, -0.15) is 0 Å². The van der Waals surface area contributed by atoms with Gasteiger partial charge in [-0.25, -0.2) is 0 Å². The molecule has 3 heterocycles. The molecule has 2 aromatic rings. The Bertz CT molecular complexity index is 731. The van der Waals surface area contributed by atoms with E-state index in [1.54, 1.807) is 11.1 Å². The largest absolute Gasteiger partial charge is 0.489 e. The molecule has 1 saturated heterocycles. The van der Waals surface area contributed by atoms with Crippen molar-refractivity contribution in [2.75, 3.05) is 26.3 Å². The van der Waals surface area contributed by atoms with E-state index in [4.69, 9.17) is 9.47 Å². The third-order valence-corrected chi connectivity index (χ3v) is 4.61. The minimum absolute atomic E-state index is 0.0534. The molecule has 0 spiro atoms. The Morgan fingerprint density at radius 3 is 2.85 bits per heavy atom. The second kappa shape index (κ2) is 9.46. The summed E-state index contributed by atoms with van der Waals surface area (Å²) in [5.41, 5.74) is 2.61. The predicted octanol–water partition coefficient (Wildman–Crippen LogP) is 3.05. The number of ether oxygens (including phenoxy) is 2. The molecule has 1 unspecified atom stereocenters. The van der Waals surface area contributed by atoms with Gasteiger partial charge in [-0.1, -0.05) is 19.4 Å². The Labute approximate surface area is 160 Å². The minimum Gasteiger partial charge on any atom is -0.489 e. The van der Waals surface area contributed by atoms with Crippen molar-refractivity contribution in [3.63, 3.8) is 0 Å². The number of pyridine rings is 2. The molecule has 0 radical (unpaired) electrons. The SMILES string of the molecule is CCCCc1ccc(C(=O)N2CCOC(COc3ccc(C)nc3)C2)nc1. The fourth-order valence-corrected chi connectivity index (χ4v) is 2.98.